The number of benzene rings is 1. The van der Waals surface area contributed by atoms with Crippen molar-refractivity contribution in [3.05, 3.63) is 35.9 Å². The van der Waals surface area contributed by atoms with Crippen molar-refractivity contribution in [2.24, 2.45) is 28.9 Å². The molecule has 2 amide bonds. The van der Waals surface area contributed by atoms with E-state index in [0.717, 1.165) is 24.8 Å². The number of carbonyl (C=O) groups excluding carboxylic acids is 2. The summed E-state index contributed by atoms with van der Waals surface area (Å²) in [5.74, 6) is 2.09. The van der Waals surface area contributed by atoms with Crippen molar-refractivity contribution in [3.8, 4) is 0 Å². The van der Waals surface area contributed by atoms with E-state index in [-0.39, 0.29) is 17.2 Å². The first kappa shape index (κ1) is 18.5. The van der Waals surface area contributed by atoms with Gasteiger partial charge in [-0.05, 0) is 61.8 Å². The van der Waals surface area contributed by atoms with Gasteiger partial charge in [-0.15, -0.1) is 0 Å². The highest BCUT2D eigenvalue weighted by Gasteiger charge is 2.54. The van der Waals surface area contributed by atoms with Crippen LogP contribution in [0.4, 0.5) is 0 Å². The summed E-state index contributed by atoms with van der Waals surface area (Å²) in [6, 6.07) is 9.34. The number of rotatable bonds is 7. The molecule has 4 aliphatic carbocycles. The van der Waals surface area contributed by atoms with Gasteiger partial charge < -0.3 is 16.4 Å². The molecule has 1 aromatic rings. The molecule has 27 heavy (non-hydrogen) atoms. The third-order valence-electron chi connectivity index (χ3n) is 6.87. The number of carbonyl (C=O) groups is 2. The van der Waals surface area contributed by atoms with Gasteiger partial charge in [0.25, 0.3) is 0 Å². The van der Waals surface area contributed by atoms with Crippen LogP contribution in [0.2, 0.25) is 0 Å². The van der Waals surface area contributed by atoms with Gasteiger partial charge in [0.2, 0.25) is 11.8 Å². The van der Waals surface area contributed by atoms with E-state index in [9.17, 15) is 9.59 Å². The van der Waals surface area contributed by atoms with E-state index >= 15 is 0 Å². The fraction of sp³-hybridized carbons (Fsp3) is 0.636. The van der Waals surface area contributed by atoms with Gasteiger partial charge in [0, 0.05) is 24.9 Å². The smallest absolute Gasteiger partial charge is 0.242 e. The third kappa shape index (κ3) is 3.88. The Morgan fingerprint density at radius 2 is 1.63 bits per heavy atom. The normalized spacial score (nSPS) is 32.1. The lowest BCUT2D eigenvalue weighted by atomic mass is 9.49. The molecule has 4 fully saturated rings. The molecule has 1 aromatic carbocycles. The lowest BCUT2D eigenvalue weighted by Crippen LogP contribution is -2.58. The Bertz CT molecular complexity index is 653. The summed E-state index contributed by atoms with van der Waals surface area (Å²) in [5, 5.41) is 5.99. The zero-order valence-corrected chi connectivity index (χ0v) is 16.0. The van der Waals surface area contributed by atoms with Crippen LogP contribution in [0.5, 0.6) is 0 Å². The molecule has 4 N–H and O–H groups in total. The van der Waals surface area contributed by atoms with Crippen LogP contribution in [-0.4, -0.2) is 30.9 Å². The van der Waals surface area contributed by atoms with Crippen LogP contribution in [0.15, 0.2) is 30.3 Å². The summed E-state index contributed by atoms with van der Waals surface area (Å²) < 4.78 is 0. The topological polar surface area (TPSA) is 84.2 Å². The first-order valence-electron chi connectivity index (χ1n) is 10.4. The maximum absolute atomic E-state index is 13.4. The van der Waals surface area contributed by atoms with E-state index < -0.39 is 6.04 Å². The average molecular weight is 370 g/mol. The van der Waals surface area contributed by atoms with Gasteiger partial charge in [0.15, 0.2) is 0 Å². The number of nitrogens with one attached hydrogen (secondary N) is 2. The van der Waals surface area contributed by atoms with Crippen LogP contribution in [-0.2, 0) is 16.0 Å². The van der Waals surface area contributed by atoms with Gasteiger partial charge in [-0.1, -0.05) is 30.3 Å². The highest BCUT2D eigenvalue weighted by atomic mass is 16.2. The fourth-order valence-electron chi connectivity index (χ4n) is 6.08. The molecule has 0 heterocycles. The van der Waals surface area contributed by atoms with E-state index in [0.29, 0.717) is 37.3 Å². The summed E-state index contributed by atoms with van der Waals surface area (Å²) in [5.41, 5.74) is 6.34. The Morgan fingerprint density at radius 1 is 1.04 bits per heavy atom. The molecular weight excluding hydrogens is 338 g/mol. The van der Waals surface area contributed by atoms with Crippen LogP contribution in [0.25, 0.3) is 0 Å². The molecular formula is C22H31N3O2. The monoisotopic (exact) mass is 369 g/mol. The summed E-state index contributed by atoms with van der Waals surface area (Å²) >= 11 is 0. The number of hydrogen-bond acceptors (Lipinski definition) is 3. The maximum atomic E-state index is 13.4. The zero-order valence-electron chi connectivity index (χ0n) is 16.0. The van der Waals surface area contributed by atoms with Gasteiger partial charge in [-0.3, -0.25) is 9.59 Å². The predicted molar refractivity (Wildman–Crippen MR) is 105 cm³/mol. The first-order valence-corrected chi connectivity index (χ1v) is 10.4. The van der Waals surface area contributed by atoms with Crippen molar-refractivity contribution < 1.29 is 9.59 Å². The Kier molecular flexibility index (Phi) is 5.22. The van der Waals surface area contributed by atoms with E-state index in [1.165, 1.54) is 19.3 Å². The van der Waals surface area contributed by atoms with Crippen molar-refractivity contribution in [2.75, 3.05) is 13.1 Å². The molecule has 4 bridgehead atoms. The third-order valence-corrected chi connectivity index (χ3v) is 6.87. The van der Waals surface area contributed by atoms with Crippen molar-refractivity contribution >= 4 is 11.8 Å². The molecule has 0 saturated heterocycles. The molecule has 146 valence electrons. The lowest BCUT2D eigenvalue weighted by molar-refractivity contribution is -0.148. The fourth-order valence-corrected chi connectivity index (χ4v) is 6.08. The van der Waals surface area contributed by atoms with E-state index in [1.807, 2.05) is 30.3 Å². The molecule has 4 saturated carbocycles. The minimum Gasteiger partial charge on any atom is -0.353 e. The van der Waals surface area contributed by atoms with Crippen LogP contribution >= 0.6 is 0 Å². The first-order chi connectivity index (χ1) is 13.1. The maximum Gasteiger partial charge on any atom is 0.242 e. The van der Waals surface area contributed by atoms with E-state index in [1.54, 1.807) is 0 Å². The number of amides is 2. The van der Waals surface area contributed by atoms with Crippen molar-refractivity contribution in [1.29, 1.82) is 0 Å². The second-order valence-corrected chi connectivity index (χ2v) is 8.99. The van der Waals surface area contributed by atoms with Crippen LogP contribution in [0, 0.1) is 23.2 Å². The Hall–Kier alpha value is -1.88. The minimum atomic E-state index is -0.542. The SMILES string of the molecule is NCCNC(=O)C(Cc1ccccc1)NC(=O)C12CC3CC(CC(C3)C1)C2. The highest BCUT2D eigenvalue weighted by Crippen LogP contribution is 2.60. The molecule has 1 unspecified atom stereocenters. The van der Waals surface area contributed by atoms with Gasteiger partial charge in [-0.25, -0.2) is 0 Å². The molecule has 4 aliphatic rings. The largest absolute Gasteiger partial charge is 0.353 e. The number of nitrogens with two attached hydrogens (primary N) is 1. The lowest BCUT2D eigenvalue weighted by Gasteiger charge is -2.55. The Labute approximate surface area is 161 Å². The van der Waals surface area contributed by atoms with Crippen LogP contribution in [0.3, 0.4) is 0 Å². The Balaban J connectivity index is 1.48. The zero-order chi connectivity index (χ0) is 18.9. The van der Waals surface area contributed by atoms with Crippen LogP contribution < -0.4 is 16.4 Å². The Morgan fingerprint density at radius 3 is 2.19 bits per heavy atom. The molecule has 1 atom stereocenters. The van der Waals surface area contributed by atoms with E-state index in [4.69, 9.17) is 5.73 Å². The molecule has 0 aromatic heterocycles. The number of hydrogen-bond donors (Lipinski definition) is 3. The average Bonchev–Trinajstić information content (AvgIpc) is 2.65. The van der Waals surface area contributed by atoms with Gasteiger partial charge >= 0.3 is 0 Å². The molecule has 5 rings (SSSR count). The molecule has 5 nitrogen and oxygen atoms in total. The minimum absolute atomic E-state index is 0.102. The standard InChI is InChI=1S/C22H31N3O2/c23-6-7-24-20(26)19(11-15-4-2-1-3-5-15)25-21(27)22-12-16-8-17(13-22)10-18(9-16)14-22/h1-5,16-19H,6-14,23H2,(H,24,26)(H,25,27). The quantitative estimate of drug-likeness (QED) is 0.687. The second-order valence-electron chi connectivity index (χ2n) is 8.99. The molecule has 0 aliphatic heterocycles. The van der Waals surface area contributed by atoms with Gasteiger partial charge in [0.05, 0.1) is 0 Å². The van der Waals surface area contributed by atoms with Gasteiger partial charge in [-0.2, -0.15) is 0 Å². The van der Waals surface area contributed by atoms with Crippen molar-refractivity contribution in [2.45, 2.75) is 51.0 Å². The molecule has 0 spiro atoms. The predicted octanol–water partition coefficient (Wildman–Crippen LogP) is 2.01. The van der Waals surface area contributed by atoms with Crippen molar-refractivity contribution in [3.63, 3.8) is 0 Å². The molecule has 5 heteroatoms. The summed E-state index contributed by atoms with van der Waals surface area (Å²) in [4.78, 5) is 26.0. The second kappa shape index (κ2) is 7.63. The van der Waals surface area contributed by atoms with Crippen molar-refractivity contribution in [1.82, 2.24) is 10.6 Å². The van der Waals surface area contributed by atoms with E-state index in [2.05, 4.69) is 10.6 Å². The molecule has 0 radical (unpaired) electrons. The summed E-state index contributed by atoms with van der Waals surface area (Å²) in [7, 11) is 0. The van der Waals surface area contributed by atoms with Gasteiger partial charge in [0.1, 0.15) is 6.04 Å². The van der Waals surface area contributed by atoms with Crippen LogP contribution in [0.1, 0.15) is 44.1 Å². The summed E-state index contributed by atoms with van der Waals surface area (Å²) in [6.07, 6.45) is 7.44. The summed E-state index contributed by atoms with van der Waals surface area (Å²) in [6.45, 7) is 0.823. The highest BCUT2D eigenvalue weighted by molar-refractivity contribution is 5.90.